The second kappa shape index (κ2) is 6.39. The molecule has 0 aliphatic heterocycles. The summed E-state index contributed by atoms with van der Waals surface area (Å²) in [6.45, 7) is 4.79. The molecule has 9 heavy (non-hydrogen) atoms. The Hall–Kier alpha value is 0.270. The molecule has 0 aromatic heterocycles. The molecule has 0 heterocycles. The third-order valence-corrected chi connectivity index (χ3v) is 1.85. The standard InChI is InChI=1S/C6H15NOS/c1-3-8-5-9-4-6(2)7/h6H,3-5,7H2,1-2H3. The first kappa shape index (κ1) is 9.27. The fourth-order valence-corrected chi connectivity index (χ4v) is 1.13. The topological polar surface area (TPSA) is 35.2 Å². The van der Waals surface area contributed by atoms with Crippen molar-refractivity contribution in [2.24, 2.45) is 5.73 Å². The van der Waals surface area contributed by atoms with Crippen LogP contribution in [0.4, 0.5) is 0 Å². The molecule has 0 aromatic carbocycles. The molecule has 1 atom stereocenters. The molecule has 3 heteroatoms. The summed E-state index contributed by atoms with van der Waals surface area (Å²) in [4.78, 5) is 0. The Kier molecular flexibility index (Phi) is 6.58. The van der Waals surface area contributed by atoms with Gasteiger partial charge in [0.05, 0.1) is 5.94 Å². The van der Waals surface area contributed by atoms with Crippen molar-refractivity contribution in [3.8, 4) is 0 Å². The van der Waals surface area contributed by atoms with Crippen LogP contribution in [0.1, 0.15) is 13.8 Å². The molecule has 0 aromatic rings. The normalized spacial score (nSPS) is 13.7. The average Bonchev–Trinajstić information content (AvgIpc) is 1.80. The van der Waals surface area contributed by atoms with Gasteiger partial charge in [-0.2, -0.15) is 0 Å². The predicted molar refractivity (Wildman–Crippen MR) is 42.6 cm³/mol. The van der Waals surface area contributed by atoms with Crippen LogP contribution in [0, 0.1) is 0 Å². The van der Waals surface area contributed by atoms with Crippen LogP contribution in [0.2, 0.25) is 0 Å². The zero-order valence-corrected chi connectivity index (χ0v) is 6.91. The molecule has 0 saturated carbocycles. The van der Waals surface area contributed by atoms with Crippen LogP contribution in [0.25, 0.3) is 0 Å². The van der Waals surface area contributed by atoms with Gasteiger partial charge in [0.2, 0.25) is 0 Å². The van der Waals surface area contributed by atoms with Crippen molar-refractivity contribution in [3.05, 3.63) is 0 Å². The highest BCUT2D eigenvalue weighted by atomic mass is 32.2. The third kappa shape index (κ3) is 8.27. The summed E-state index contributed by atoms with van der Waals surface area (Å²) in [6.07, 6.45) is 0. The van der Waals surface area contributed by atoms with E-state index in [1.165, 1.54) is 0 Å². The second-order valence-electron chi connectivity index (χ2n) is 1.96. The number of hydrogen-bond acceptors (Lipinski definition) is 3. The van der Waals surface area contributed by atoms with Crippen LogP contribution < -0.4 is 5.73 Å². The Bertz CT molecular complexity index is 59.0. The monoisotopic (exact) mass is 149 g/mol. The number of ether oxygens (including phenoxy) is 1. The lowest BCUT2D eigenvalue weighted by atomic mass is 10.4. The smallest absolute Gasteiger partial charge is 0.0921 e. The van der Waals surface area contributed by atoms with Crippen LogP contribution in [-0.2, 0) is 4.74 Å². The molecule has 0 saturated heterocycles. The van der Waals surface area contributed by atoms with Crippen molar-refractivity contribution < 1.29 is 4.74 Å². The lowest BCUT2D eigenvalue weighted by Gasteiger charge is -2.03. The number of rotatable bonds is 5. The SMILES string of the molecule is CCOCSCC(C)N. The van der Waals surface area contributed by atoms with E-state index < -0.39 is 0 Å². The maximum Gasteiger partial charge on any atom is 0.0921 e. The molecule has 0 spiro atoms. The first-order valence-electron chi connectivity index (χ1n) is 3.18. The maximum atomic E-state index is 5.50. The van der Waals surface area contributed by atoms with Crippen molar-refractivity contribution in [2.75, 3.05) is 18.3 Å². The molecule has 2 nitrogen and oxygen atoms in total. The van der Waals surface area contributed by atoms with Crippen molar-refractivity contribution in [1.29, 1.82) is 0 Å². The molecule has 0 fully saturated rings. The van der Waals surface area contributed by atoms with Crippen LogP contribution in [0.3, 0.4) is 0 Å². The molecule has 0 bridgehead atoms. The Morgan fingerprint density at radius 2 is 2.33 bits per heavy atom. The van der Waals surface area contributed by atoms with Crippen molar-refractivity contribution >= 4 is 11.8 Å². The van der Waals surface area contributed by atoms with Crippen LogP contribution in [-0.4, -0.2) is 24.3 Å². The number of hydrogen-bond donors (Lipinski definition) is 1. The molecular weight excluding hydrogens is 134 g/mol. The lowest BCUT2D eigenvalue weighted by molar-refractivity contribution is 0.199. The molecule has 0 aliphatic carbocycles. The fourth-order valence-electron chi connectivity index (χ4n) is 0.376. The summed E-state index contributed by atoms with van der Waals surface area (Å²) in [5, 5.41) is 0. The second-order valence-corrected chi connectivity index (χ2v) is 2.94. The summed E-state index contributed by atoms with van der Waals surface area (Å²) in [7, 11) is 0. The molecule has 1 unspecified atom stereocenters. The highest BCUT2D eigenvalue weighted by Crippen LogP contribution is 2.00. The van der Waals surface area contributed by atoms with Gasteiger partial charge >= 0.3 is 0 Å². The zero-order valence-electron chi connectivity index (χ0n) is 6.09. The summed E-state index contributed by atoms with van der Waals surface area (Å²) in [5.41, 5.74) is 5.50. The number of thioether (sulfide) groups is 1. The van der Waals surface area contributed by atoms with E-state index in [0.717, 1.165) is 18.3 Å². The van der Waals surface area contributed by atoms with Crippen LogP contribution in [0.15, 0.2) is 0 Å². The Labute approximate surface area is 61.1 Å². The summed E-state index contributed by atoms with van der Waals surface area (Å²) >= 11 is 1.74. The van der Waals surface area contributed by atoms with Gasteiger partial charge in [0.15, 0.2) is 0 Å². The zero-order chi connectivity index (χ0) is 7.11. The van der Waals surface area contributed by atoms with Gasteiger partial charge in [-0.15, -0.1) is 11.8 Å². The number of nitrogens with two attached hydrogens (primary N) is 1. The van der Waals surface area contributed by atoms with E-state index in [1.54, 1.807) is 11.8 Å². The third-order valence-electron chi connectivity index (χ3n) is 0.752. The Balaban J connectivity index is 2.75. The molecule has 0 aliphatic rings. The van der Waals surface area contributed by atoms with E-state index >= 15 is 0 Å². The van der Waals surface area contributed by atoms with E-state index in [9.17, 15) is 0 Å². The molecule has 2 N–H and O–H groups in total. The minimum Gasteiger partial charge on any atom is -0.371 e. The molecular formula is C6H15NOS. The average molecular weight is 149 g/mol. The van der Waals surface area contributed by atoms with Gasteiger partial charge in [-0.1, -0.05) is 0 Å². The van der Waals surface area contributed by atoms with E-state index in [-0.39, 0.29) is 6.04 Å². The first-order chi connectivity index (χ1) is 4.27. The summed E-state index contributed by atoms with van der Waals surface area (Å²) in [5.74, 6) is 1.76. The van der Waals surface area contributed by atoms with Gasteiger partial charge < -0.3 is 10.5 Å². The Morgan fingerprint density at radius 1 is 1.67 bits per heavy atom. The molecule has 0 radical (unpaired) electrons. The van der Waals surface area contributed by atoms with E-state index in [4.69, 9.17) is 10.5 Å². The molecule has 0 amide bonds. The van der Waals surface area contributed by atoms with E-state index in [1.807, 2.05) is 13.8 Å². The minimum absolute atomic E-state index is 0.287. The van der Waals surface area contributed by atoms with Crippen molar-refractivity contribution in [3.63, 3.8) is 0 Å². The largest absolute Gasteiger partial charge is 0.371 e. The van der Waals surface area contributed by atoms with Gasteiger partial charge in [-0.05, 0) is 13.8 Å². The van der Waals surface area contributed by atoms with Crippen molar-refractivity contribution in [2.45, 2.75) is 19.9 Å². The van der Waals surface area contributed by atoms with E-state index in [2.05, 4.69) is 0 Å². The van der Waals surface area contributed by atoms with Crippen molar-refractivity contribution in [1.82, 2.24) is 0 Å². The maximum absolute atomic E-state index is 5.50. The van der Waals surface area contributed by atoms with E-state index in [0.29, 0.717) is 0 Å². The minimum atomic E-state index is 0.287. The van der Waals surface area contributed by atoms with Gasteiger partial charge in [-0.3, -0.25) is 0 Å². The first-order valence-corrected chi connectivity index (χ1v) is 4.34. The van der Waals surface area contributed by atoms with Gasteiger partial charge in [0, 0.05) is 18.4 Å². The van der Waals surface area contributed by atoms with Gasteiger partial charge in [-0.25, -0.2) is 0 Å². The van der Waals surface area contributed by atoms with Gasteiger partial charge in [0.1, 0.15) is 0 Å². The van der Waals surface area contributed by atoms with Crippen LogP contribution >= 0.6 is 11.8 Å². The lowest BCUT2D eigenvalue weighted by Crippen LogP contribution is -2.17. The van der Waals surface area contributed by atoms with Crippen LogP contribution in [0.5, 0.6) is 0 Å². The predicted octanol–water partition coefficient (Wildman–Crippen LogP) is 1.06. The summed E-state index contributed by atoms with van der Waals surface area (Å²) in [6, 6.07) is 0.287. The quantitative estimate of drug-likeness (QED) is 0.469. The Morgan fingerprint density at radius 3 is 2.78 bits per heavy atom. The highest BCUT2D eigenvalue weighted by molar-refractivity contribution is 7.99. The molecule has 0 rings (SSSR count). The fraction of sp³-hybridized carbons (Fsp3) is 1.00. The summed E-state index contributed by atoms with van der Waals surface area (Å²) < 4.78 is 5.09. The van der Waals surface area contributed by atoms with Gasteiger partial charge in [0.25, 0.3) is 0 Å². The highest BCUT2D eigenvalue weighted by Gasteiger charge is 1.92. The molecule has 56 valence electrons.